The van der Waals surface area contributed by atoms with Crippen LogP contribution in [0.15, 0.2) is 37.6 Å². The summed E-state index contributed by atoms with van der Waals surface area (Å²) < 4.78 is 1.76. The minimum atomic E-state index is -0.436. The Kier molecular flexibility index (Phi) is 5.66. The highest BCUT2D eigenvalue weighted by Gasteiger charge is 2.10. The second kappa shape index (κ2) is 7.04. The van der Waals surface area contributed by atoms with Crippen LogP contribution in [0.25, 0.3) is 0 Å². The molecule has 0 saturated heterocycles. The van der Waals surface area contributed by atoms with Crippen molar-refractivity contribution in [2.24, 2.45) is 0 Å². The van der Waals surface area contributed by atoms with Crippen molar-refractivity contribution in [1.82, 2.24) is 14.7 Å². The van der Waals surface area contributed by atoms with Crippen LogP contribution >= 0.6 is 0 Å². The highest BCUT2D eigenvalue weighted by molar-refractivity contribution is 4.95. The standard InChI is InChI=1S/C13H21N3O/c1-4-7-15(8-5-2)10-13(17)11-16-9-6-12(3)14-16/h4-6,9,13,17H,1-2,7-8,10-11H2,3H3/t13-/m0/s1. The summed E-state index contributed by atoms with van der Waals surface area (Å²) in [5.74, 6) is 0. The maximum absolute atomic E-state index is 9.96. The molecule has 0 aliphatic rings. The van der Waals surface area contributed by atoms with Crippen LogP contribution in [-0.2, 0) is 6.54 Å². The second-order valence-corrected chi connectivity index (χ2v) is 4.13. The molecule has 1 N–H and O–H groups in total. The van der Waals surface area contributed by atoms with Gasteiger partial charge in [-0.1, -0.05) is 12.2 Å². The number of rotatable bonds is 8. The molecule has 0 aliphatic heterocycles. The Hall–Kier alpha value is -1.39. The third-order valence-corrected chi connectivity index (χ3v) is 2.42. The molecule has 0 aliphatic carbocycles. The molecular formula is C13H21N3O. The van der Waals surface area contributed by atoms with Gasteiger partial charge in [0.15, 0.2) is 0 Å². The number of aryl methyl sites for hydroxylation is 1. The molecule has 1 atom stereocenters. The van der Waals surface area contributed by atoms with E-state index < -0.39 is 6.10 Å². The molecule has 4 nitrogen and oxygen atoms in total. The van der Waals surface area contributed by atoms with Gasteiger partial charge in [0.25, 0.3) is 0 Å². The molecule has 1 aromatic rings. The summed E-state index contributed by atoms with van der Waals surface area (Å²) in [4.78, 5) is 2.08. The minimum absolute atomic E-state index is 0.436. The molecule has 17 heavy (non-hydrogen) atoms. The normalized spacial score (nSPS) is 12.6. The van der Waals surface area contributed by atoms with Gasteiger partial charge >= 0.3 is 0 Å². The Morgan fingerprint density at radius 1 is 1.47 bits per heavy atom. The van der Waals surface area contributed by atoms with E-state index in [-0.39, 0.29) is 0 Å². The maximum Gasteiger partial charge on any atom is 0.0862 e. The number of hydrogen-bond acceptors (Lipinski definition) is 3. The Labute approximate surface area is 103 Å². The fourth-order valence-corrected chi connectivity index (χ4v) is 1.73. The molecule has 1 aromatic heterocycles. The minimum Gasteiger partial charge on any atom is -0.390 e. The first kappa shape index (κ1) is 13.7. The largest absolute Gasteiger partial charge is 0.390 e. The Morgan fingerprint density at radius 2 is 2.12 bits per heavy atom. The summed E-state index contributed by atoms with van der Waals surface area (Å²) in [5, 5.41) is 14.2. The van der Waals surface area contributed by atoms with Crippen LogP contribution in [0.5, 0.6) is 0 Å². The number of aromatic nitrogens is 2. The van der Waals surface area contributed by atoms with Gasteiger partial charge in [0.05, 0.1) is 18.3 Å². The van der Waals surface area contributed by atoms with Crippen LogP contribution in [0.1, 0.15) is 5.69 Å². The van der Waals surface area contributed by atoms with Gasteiger partial charge in [0.2, 0.25) is 0 Å². The van der Waals surface area contributed by atoms with E-state index in [1.165, 1.54) is 0 Å². The summed E-state index contributed by atoms with van der Waals surface area (Å²) in [6, 6.07) is 1.93. The maximum atomic E-state index is 9.96. The molecule has 0 amide bonds. The van der Waals surface area contributed by atoms with Gasteiger partial charge in [-0.25, -0.2) is 0 Å². The van der Waals surface area contributed by atoms with Crippen molar-refractivity contribution in [3.63, 3.8) is 0 Å². The Morgan fingerprint density at radius 3 is 2.59 bits per heavy atom. The monoisotopic (exact) mass is 235 g/mol. The third-order valence-electron chi connectivity index (χ3n) is 2.42. The molecule has 0 spiro atoms. The number of aliphatic hydroxyl groups is 1. The second-order valence-electron chi connectivity index (χ2n) is 4.13. The molecule has 1 heterocycles. The lowest BCUT2D eigenvalue weighted by Gasteiger charge is -2.22. The first-order valence-corrected chi connectivity index (χ1v) is 5.78. The zero-order valence-electron chi connectivity index (χ0n) is 10.4. The van der Waals surface area contributed by atoms with Crippen molar-refractivity contribution >= 4 is 0 Å². The SMILES string of the molecule is C=CCN(CC=C)C[C@H](O)Cn1ccc(C)n1. The van der Waals surface area contributed by atoms with E-state index in [0.717, 1.165) is 18.8 Å². The zero-order valence-corrected chi connectivity index (χ0v) is 10.4. The van der Waals surface area contributed by atoms with Crippen LogP contribution in [0.2, 0.25) is 0 Å². The van der Waals surface area contributed by atoms with Crippen molar-refractivity contribution in [3.05, 3.63) is 43.3 Å². The molecule has 0 bridgehead atoms. The molecule has 0 unspecified atom stereocenters. The van der Waals surface area contributed by atoms with E-state index in [4.69, 9.17) is 0 Å². The number of nitrogens with zero attached hydrogens (tertiary/aromatic N) is 3. The van der Waals surface area contributed by atoms with Gasteiger partial charge in [-0.2, -0.15) is 5.10 Å². The van der Waals surface area contributed by atoms with Crippen LogP contribution in [0.3, 0.4) is 0 Å². The number of aliphatic hydroxyl groups excluding tert-OH is 1. The molecule has 0 fully saturated rings. The van der Waals surface area contributed by atoms with Gasteiger partial charge in [0.1, 0.15) is 0 Å². The lowest BCUT2D eigenvalue weighted by atomic mass is 10.3. The summed E-state index contributed by atoms with van der Waals surface area (Å²) in [7, 11) is 0. The Balaban J connectivity index is 2.43. The lowest BCUT2D eigenvalue weighted by Crippen LogP contribution is -2.35. The van der Waals surface area contributed by atoms with Gasteiger partial charge in [-0.3, -0.25) is 9.58 Å². The van der Waals surface area contributed by atoms with Crippen LogP contribution < -0.4 is 0 Å². The number of hydrogen-bond donors (Lipinski definition) is 1. The first-order valence-electron chi connectivity index (χ1n) is 5.78. The lowest BCUT2D eigenvalue weighted by molar-refractivity contribution is 0.105. The van der Waals surface area contributed by atoms with Gasteiger partial charge in [-0.05, 0) is 13.0 Å². The van der Waals surface area contributed by atoms with E-state index in [0.29, 0.717) is 13.1 Å². The average Bonchev–Trinajstić information content (AvgIpc) is 2.64. The van der Waals surface area contributed by atoms with E-state index in [9.17, 15) is 5.11 Å². The molecular weight excluding hydrogens is 214 g/mol. The van der Waals surface area contributed by atoms with Crippen molar-refractivity contribution in [3.8, 4) is 0 Å². The highest BCUT2D eigenvalue weighted by Crippen LogP contribution is 1.99. The van der Waals surface area contributed by atoms with E-state index in [1.807, 2.05) is 31.3 Å². The van der Waals surface area contributed by atoms with E-state index in [1.54, 1.807) is 4.68 Å². The van der Waals surface area contributed by atoms with Crippen LogP contribution in [0.4, 0.5) is 0 Å². The van der Waals surface area contributed by atoms with Gasteiger partial charge in [-0.15, -0.1) is 13.2 Å². The summed E-state index contributed by atoms with van der Waals surface area (Å²) in [6.07, 6.45) is 5.10. The molecule has 94 valence electrons. The van der Waals surface area contributed by atoms with Crippen LogP contribution in [0, 0.1) is 6.92 Å². The molecule has 4 heteroatoms. The quantitative estimate of drug-likeness (QED) is 0.689. The first-order chi connectivity index (χ1) is 8.15. The summed E-state index contributed by atoms with van der Waals surface area (Å²) in [5.41, 5.74) is 0.964. The molecule has 0 aromatic carbocycles. The van der Waals surface area contributed by atoms with Crippen molar-refractivity contribution < 1.29 is 5.11 Å². The molecule has 0 radical (unpaired) electrons. The molecule has 0 saturated carbocycles. The van der Waals surface area contributed by atoms with E-state index >= 15 is 0 Å². The van der Waals surface area contributed by atoms with Crippen LogP contribution in [-0.4, -0.2) is 45.5 Å². The summed E-state index contributed by atoms with van der Waals surface area (Å²) in [6.45, 7) is 11.9. The topological polar surface area (TPSA) is 41.3 Å². The van der Waals surface area contributed by atoms with E-state index in [2.05, 4.69) is 23.2 Å². The highest BCUT2D eigenvalue weighted by atomic mass is 16.3. The van der Waals surface area contributed by atoms with Crippen molar-refractivity contribution in [2.45, 2.75) is 19.6 Å². The van der Waals surface area contributed by atoms with Crippen molar-refractivity contribution in [1.29, 1.82) is 0 Å². The Bertz CT molecular complexity index is 349. The fraction of sp³-hybridized carbons (Fsp3) is 0.462. The van der Waals surface area contributed by atoms with Gasteiger partial charge in [0, 0.05) is 25.8 Å². The zero-order chi connectivity index (χ0) is 12.7. The molecule has 1 rings (SSSR count). The predicted molar refractivity (Wildman–Crippen MR) is 69.8 cm³/mol. The summed E-state index contributed by atoms with van der Waals surface area (Å²) >= 11 is 0. The third kappa shape index (κ3) is 4.97. The smallest absolute Gasteiger partial charge is 0.0862 e. The predicted octanol–water partition coefficient (Wildman–Crippen LogP) is 1.23. The fourth-order valence-electron chi connectivity index (χ4n) is 1.73. The van der Waals surface area contributed by atoms with Gasteiger partial charge < -0.3 is 5.11 Å². The average molecular weight is 235 g/mol. The van der Waals surface area contributed by atoms with Crippen molar-refractivity contribution in [2.75, 3.05) is 19.6 Å².